The van der Waals surface area contributed by atoms with Crippen LogP contribution in [0, 0.1) is 5.92 Å². The van der Waals surface area contributed by atoms with Crippen LogP contribution in [0.5, 0.6) is 5.75 Å². The van der Waals surface area contributed by atoms with Gasteiger partial charge in [-0.1, -0.05) is 29.3 Å². The van der Waals surface area contributed by atoms with Crippen molar-refractivity contribution < 1.29 is 4.74 Å². The summed E-state index contributed by atoms with van der Waals surface area (Å²) in [6, 6.07) is 5.06. The van der Waals surface area contributed by atoms with Gasteiger partial charge < -0.3 is 10.1 Å². The summed E-state index contributed by atoms with van der Waals surface area (Å²) < 4.78 is 6.94. The van der Waals surface area contributed by atoms with E-state index in [4.69, 9.17) is 4.74 Å². The Kier molecular flexibility index (Phi) is 3.62. The number of hydrogen-bond donors (Lipinski definition) is 1. The summed E-state index contributed by atoms with van der Waals surface area (Å²) in [6.07, 6.45) is 5.09. The molecule has 1 aromatic carbocycles. The third-order valence-electron chi connectivity index (χ3n) is 4.24. The maximum absolute atomic E-state index is 5.77. The average molecular weight is 310 g/mol. The van der Waals surface area contributed by atoms with E-state index in [1.807, 2.05) is 0 Å². The van der Waals surface area contributed by atoms with Crippen LogP contribution in [0.2, 0.25) is 0 Å². The molecule has 1 aliphatic heterocycles. The van der Waals surface area contributed by atoms with E-state index in [0.717, 1.165) is 31.2 Å². The van der Waals surface area contributed by atoms with Crippen molar-refractivity contribution in [3.05, 3.63) is 27.7 Å². The second kappa shape index (κ2) is 5.22. The Bertz CT molecular complexity index is 446. The molecule has 0 bridgehead atoms. The summed E-state index contributed by atoms with van der Waals surface area (Å²) in [5.41, 5.74) is 2.65. The molecule has 0 spiro atoms. The first kappa shape index (κ1) is 12.5. The molecule has 2 unspecified atom stereocenters. The summed E-state index contributed by atoms with van der Waals surface area (Å²) in [7, 11) is 0. The van der Waals surface area contributed by atoms with Crippen LogP contribution in [0.15, 0.2) is 16.6 Å². The van der Waals surface area contributed by atoms with Gasteiger partial charge in [-0.2, -0.15) is 0 Å². The van der Waals surface area contributed by atoms with Gasteiger partial charge in [-0.15, -0.1) is 0 Å². The van der Waals surface area contributed by atoms with Crippen LogP contribution in [0.25, 0.3) is 0 Å². The molecule has 2 aliphatic rings. The molecule has 3 heteroatoms. The summed E-state index contributed by atoms with van der Waals surface area (Å²) in [5.74, 6) is 1.93. The lowest BCUT2D eigenvalue weighted by atomic mass is 10.0. The van der Waals surface area contributed by atoms with Gasteiger partial charge >= 0.3 is 0 Å². The van der Waals surface area contributed by atoms with Gasteiger partial charge in [-0.3, -0.25) is 0 Å². The molecule has 0 radical (unpaired) electrons. The zero-order valence-electron chi connectivity index (χ0n) is 10.8. The van der Waals surface area contributed by atoms with Crippen LogP contribution >= 0.6 is 15.9 Å². The topological polar surface area (TPSA) is 21.3 Å². The molecule has 0 amide bonds. The number of halogens is 1. The van der Waals surface area contributed by atoms with Gasteiger partial charge in [0.05, 0.1) is 6.61 Å². The molecule has 1 saturated carbocycles. The van der Waals surface area contributed by atoms with Gasteiger partial charge in [0, 0.05) is 29.0 Å². The fraction of sp³-hybridized carbons (Fsp3) is 0.600. The molecule has 0 aromatic heterocycles. The first-order chi connectivity index (χ1) is 8.74. The van der Waals surface area contributed by atoms with E-state index in [1.54, 1.807) is 0 Å². The molecule has 1 heterocycles. The molecule has 1 aliphatic carbocycles. The van der Waals surface area contributed by atoms with Crippen molar-refractivity contribution in [3.8, 4) is 5.75 Å². The zero-order valence-corrected chi connectivity index (χ0v) is 12.4. The fourth-order valence-electron chi connectivity index (χ4n) is 3.17. The number of benzene rings is 1. The summed E-state index contributed by atoms with van der Waals surface area (Å²) in [4.78, 5) is 0. The molecular formula is C15H20BrNO. The van der Waals surface area contributed by atoms with Crippen molar-refractivity contribution in [2.45, 2.75) is 45.2 Å². The van der Waals surface area contributed by atoms with Gasteiger partial charge in [0.15, 0.2) is 0 Å². The van der Waals surface area contributed by atoms with Crippen LogP contribution < -0.4 is 10.1 Å². The van der Waals surface area contributed by atoms with Gasteiger partial charge in [-0.25, -0.2) is 0 Å². The molecule has 0 saturated heterocycles. The Morgan fingerprint density at radius 3 is 3.06 bits per heavy atom. The van der Waals surface area contributed by atoms with Crippen molar-refractivity contribution in [3.63, 3.8) is 0 Å². The van der Waals surface area contributed by atoms with E-state index in [2.05, 4.69) is 40.3 Å². The highest BCUT2D eigenvalue weighted by Gasteiger charge is 2.24. The molecule has 1 aromatic rings. The SMILES string of the molecule is CC1CCCC1NCc1cc(Br)cc2c1OCC2. The Hall–Kier alpha value is -0.540. The quantitative estimate of drug-likeness (QED) is 0.920. The molecule has 3 rings (SSSR count). The maximum atomic E-state index is 5.77. The lowest BCUT2D eigenvalue weighted by Crippen LogP contribution is -2.30. The highest BCUT2D eigenvalue weighted by atomic mass is 79.9. The maximum Gasteiger partial charge on any atom is 0.127 e. The van der Waals surface area contributed by atoms with Crippen molar-refractivity contribution in [2.24, 2.45) is 5.92 Å². The monoisotopic (exact) mass is 309 g/mol. The van der Waals surface area contributed by atoms with E-state index in [9.17, 15) is 0 Å². The highest BCUT2D eigenvalue weighted by Crippen LogP contribution is 2.33. The number of hydrogen-bond acceptors (Lipinski definition) is 2. The highest BCUT2D eigenvalue weighted by molar-refractivity contribution is 9.10. The largest absolute Gasteiger partial charge is 0.493 e. The van der Waals surface area contributed by atoms with Gasteiger partial charge in [0.2, 0.25) is 0 Å². The Balaban J connectivity index is 1.73. The first-order valence-corrected chi connectivity index (χ1v) is 7.71. The standard InChI is InChI=1S/C15H20BrNO/c1-10-3-2-4-14(10)17-9-12-8-13(16)7-11-5-6-18-15(11)12/h7-8,10,14,17H,2-6,9H2,1H3. The van der Waals surface area contributed by atoms with Crippen molar-refractivity contribution >= 4 is 15.9 Å². The number of nitrogens with one attached hydrogen (secondary N) is 1. The number of rotatable bonds is 3. The molecule has 2 atom stereocenters. The lowest BCUT2D eigenvalue weighted by Gasteiger charge is -2.18. The number of ether oxygens (including phenoxy) is 1. The van der Waals surface area contributed by atoms with Crippen molar-refractivity contribution in [2.75, 3.05) is 6.61 Å². The van der Waals surface area contributed by atoms with Crippen molar-refractivity contribution in [1.82, 2.24) is 5.32 Å². The van der Waals surface area contributed by atoms with E-state index in [1.165, 1.54) is 34.9 Å². The fourth-order valence-corrected chi connectivity index (χ4v) is 3.72. The minimum absolute atomic E-state index is 0.682. The molecule has 2 nitrogen and oxygen atoms in total. The minimum atomic E-state index is 0.682. The molecular weight excluding hydrogens is 290 g/mol. The second-order valence-corrected chi connectivity index (χ2v) is 6.46. The smallest absolute Gasteiger partial charge is 0.127 e. The zero-order chi connectivity index (χ0) is 12.5. The first-order valence-electron chi connectivity index (χ1n) is 6.91. The van der Waals surface area contributed by atoms with Crippen LogP contribution in [0.1, 0.15) is 37.3 Å². The van der Waals surface area contributed by atoms with E-state index in [0.29, 0.717) is 6.04 Å². The Morgan fingerprint density at radius 2 is 2.28 bits per heavy atom. The summed E-state index contributed by atoms with van der Waals surface area (Å²) in [5, 5.41) is 3.70. The molecule has 18 heavy (non-hydrogen) atoms. The number of fused-ring (bicyclic) bond motifs is 1. The van der Waals surface area contributed by atoms with Crippen LogP contribution in [0.4, 0.5) is 0 Å². The van der Waals surface area contributed by atoms with Gasteiger partial charge in [0.1, 0.15) is 5.75 Å². The minimum Gasteiger partial charge on any atom is -0.493 e. The van der Waals surface area contributed by atoms with Crippen LogP contribution in [-0.2, 0) is 13.0 Å². The van der Waals surface area contributed by atoms with E-state index >= 15 is 0 Å². The summed E-state index contributed by atoms with van der Waals surface area (Å²) >= 11 is 3.60. The lowest BCUT2D eigenvalue weighted by molar-refractivity contribution is 0.349. The van der Waals surface area contributed by atoms with E-state index < -0.39 is 0 Å². The van der Waals surface area contributed by atoms with Crippen molar-refractivity contribution in [1.29, 1.82) is 0 Å². The van der Waals surface area contributed by atoms with Gasteiger partial charge in [-0.05, 0) is 36.5 Å². The molecule has 1 N–H and O–H groups in total. The summed E-state index contributed by atoms with van der Waals surface area (Å²) in [6.45, 7) is 4.11. The predicted octanol–water partition coefficient (Wildman–Crippen LogP) is 3.66. The van der Waals surface area contributed by atoms with Crippen LogP contribution in [0.3, 0.4) is 0 Å². The Morgan fingerprint density at radius 1 is 1.39 bits per heavy atom. The normalized spacial score (nSPS) is 26.1. The Labute approximate surface area is 117 Å². The third-order valence-corrected chi connectivity index (χ3v) is 4.70. The third kappa shape index (κ3) is 2.43. The molecule has 1 fully saturated rings. The second-order valence-electron chi connectivity index (χ2n) is 5.55. The van der Waals surface area contributed by atoms with Crippen LogP contribution in [-0.4, -0.2) is 12.6 Å². The predicted molar refractivity (Wildman–Crippen MR) is 77.0 cm³/mol. The molecule has 98 valence electrons. The van der Waals surface area contributed by atoms with E-state index in [-0.39, 0.29) is 0 Å². The van der Waals surface area contributed by atoms with Gasteiger partial charge in [0.25, 0.3) is 0 Å². The average Bonchev–Trinajstić information content (AvgIpc) is 2.94.